The van der Waals surface area contributed by atoms with Crippen molar-refractivity contribution in [3.63, 3.8) is 0 Å². The number of hydrogen-bond donors (Lipinski definition) is 0. The third-order valence-electron chi connectivity index (χ3n) is 2.12. The van der Waals surface area contributed by atoms with Crippen molar-refractivity contribution < 1.29 is 22.5 Å². The highest BCUT2D eigenvalue weighted by Gasteiger charge is 2.19. The predicted molar refractivity (Wildman–Crippen MR) is 71.0 cm³/mol. The molecule has 0 aliphatic heterocycles. The van der Waals surface area contributed by atoms with Gasteiger partial charge in [0.1, 0.15) is 5.60 Å². The van der Waals surface area contributed by atoms with Crippen LogP contribution in [0.3, 0.4) is 0 Å². The van der Waals surface area contributed by atoms with Crippen molar-refractivity contribution in [1.82, 2.24) is 0 Å². The van der Waals surface area contributed by atoms with Gasteiger partial charge in [-0.3, -0.25) is 0 Å². The molecule has 0 aliphatic carbocycles. The van der Waals surface area contributed by atoms with Gasteiger partial charge in [0.15, 0.2) is 22.2 Å². The van der Waals surface area contributed by atoms with Crippen molar-refractivity contribution in [3.8, 4) is 0 Å². The number of ether oxygens (including phenoxy) is 1. The molecule has 0 bridgehead atoms. The molecule has 0 aliphatic rings. The molecule has 0 radical (unpaired) electrons. The van der Waals surface area contributed by atoms with E-state index in [4.69, 9.17) is 4.74 Å². The summed E-state index contributed by atoms with van der Waals surface area (Å²) in [4.78, 5) is 11.6. The van der Waals surface area contributed by atoms with Gasteiger partial charge in [-0.15, -0.1) is 0 Å². The Bertz CT molecular complexity index is 541. The maximum atomic E-state index is 11.6. The first-order valence-electron chi connectivity index (χ1n) is 5.93. The quantitative estimate of drug-likeness (QED) is 0.608. The minimum absolute atomic E-state index is 0.000275. The third-order valence-corrected chi connectivity index (χ3v) is 2.98. The van der Waals surface area contributed by atoms with Gasteiger partial charge in [0.05, 0.1) is 5.75 Å². The summed E-state index contributed by atoms with van der Waals surface area (Å²) in [7, 11) is -3.04. The predicted octanol–water partition coefficient (Wildman–Crippen LogP) is 0.860. The molecule has 0 saturated heterocycles. The van der Waals surface area contributed by atoms with Crippen LogP contribution in [0.15, 0.2) is 24.5 Å². The van der Waals surface area contributed by atoms with Crippen LogP contribution < -0.4 is 4.57 Å². The van der Waals surface area contributed by atoms with E-state index in [-0.39, 0.29) is 18.3 Å². The van der Waals surface area contributed by atoms with Crippen LogP contribution in [0.4, 0.5) is 0 Å². The van der Waals surface area contributed by atoms with Crippen molar-refractivity contribution in [2.45, 2.75) is 38.7 Å². The number of carbonyl (C=O) groups excluding carboxylic acids is 1. The number of sulfone groups is 1. The average molecular weight is 286 g/mol. The molecule has 0 atom stereocenters. The molecule has 0 fully saturated rings. The Hall–Kier alpha value is -1.43. The Balaban J connectivity index is 2.65. The lowest BCUT2D eigenvalue weighted by Gasteiger charge is -2.18. The molecule has 0 unspecified atom stereocenters. The van der Waals surface area contributed by atoms with Crippen molar-refractivity contribution in [1.29, 1.82) is 0 Å². The zero-order chi connectivity index (χ0) is 14.7. The second-order valence-electron chi connectivity index (χ2n) is 5.54. The Morgan fingerprint density at radius 1 is 1.26 bits per heavy atom. The molecule has 0 aromatic carbocycles. The highest BCUT2D eigenvalue weighted by molar-refractivity contribution is 7.89. The van der Waals surface area contributed by atoms with E-state index in [9.17, 15) is 13.2 Å². The van der Waals surface area contributed by atoms with Crippen LogP contribution in [0, 0.1) is 0 Å². The van der Waals surface area contributed by atoms with Crippen LogP contribution in [-0.2, 0) is 31.7 Å². The van der Waals surface area contributed by atoms with Gasteiger partial charge >= 0.3 is 5.97 Å². The Kier molecular flexibility index (Phi) is 4.68. The van der Waals surface area contributed by atoms with E-state index in [0.717, 1.165) is 0 Å². The molecular weight excluding hydrogens is 266 g/mol. The van der Waals surface area contributed by atoms with Crippen LogP contribution in [0.2, 0.25) is 0 Å². The Labute approximate surface area is 114 Å². The van der Waals surface area contributed by atoms with Crippen LogP contribution in [0.5, 0.6) is 0 Å². The van der Waals surface area contributed by atoms with Crippen LogP contribution in [0.1, 0.15) is 26.3 Å². The summed E-state index contributed by atoms with van der Waals surface area (Å²) in [5.74, 6) is -0.325. The van der Waals surface area contributed by atoms with Gasteiger partial charge in [0.25, 0.3) is 0 Å². The van der Waals surface area contributed by atoms with Gasteiger partial charge in [-0.1, -0.05) is 0 Å². The summed E-state index contributed by atoms with van der Waals surface area (Å²) in [6.07, 6.45) is 4.53. The van der Waals surface area contributed by atoms with Gasteiger partial charge in [-0.2, -0.15) is 4.57 Å². The minimum Gasteiger partial charge on any atom is -0.455 e. The number of carbonyl (C=O) groups is 1. The maximum Gasteiger partial charge on any atom is 0.373 e. The fourth-order valence-corrected chi connectivity index (χ4v) is 2.31. The van der Waals surface area contributed by atoms with E-state index in [1.807, 2.05) is 20.8 Å². The third kappa shape index (κ3) is 6.91. The number of rotatable bonds is 4. The van der Waals surface area contributed by atoms with E-state index in [0.29, 0.717) is 5.56 Å². The largest absolute Gasteiger partial charge is 0.455 e. The SMILES string of the molecule is CC(C)(C)OC(=O)C[n+]1ccc(CS(C)(=O)=O)cc1. The molecule has 0 spiro atoms. The molecule has 106 valence electrons. The van der Waals surface area contributed by atoms with Gasteiger partial charge in [0, 0.05) is 18.4 Å². The first-order valence-corrected chi connectivity index (χ1v) is 7.99. The topological polar surface area (TPSA) is 64.3 Å². The normalized spacial score (nSPS) is 12.2. The molecule has 1 heterocycles. The standard InChI is InChI=1S/C13H20NO4S/c1-13(2,3)18-12(15)9-14-7-5-11(6-8-14)10-19(4,16)17/h5-8H,9-10H2,1-4H3/q+1. The van der Waals surface area contributed by atoms with Crippen molar-refractivity contribution in [3.05, 3.63) is 30.1 Å². The lowest BCUT2D eigenvalue weighted by Crippen LogP contribution is -2.40. The molecule has 0 amide bonds. The molecule has 6 heteroatoms. The fraction of sp³-hybridized carbons (Fsp3) is 0.538. The van der Waals surface area contributed by atoms with E-state index in [1.165, 1.54) is 6.26 Å². The van der Waals surface area contributed by atoms with Gasteiger partial charge in [-0.05, 0) is 26.3 Å². The second kappa shape index (κ2) is 5.69. The molecule has 1 rings (SSSR count). The van der Waals surface area contributed by atoms with E-state index in [2.05, 4.69) is 0 Å². The summed E-state index contributed by atoms with van der Waals surface area (Å²) in [5, 5.41) is 0. The van der Waals surface area contributed by atoms with Crippen LogP contribution >= 0.6 is 0 Å². The first kappa shape index (κ1) is 15.6. The number of pyridine rings is 1. The van der Waals surface area contributed by atoms with Gasteiger partial charge in [-0.25, -0.2) is 13.2 Å². The average Bonchev–Trinajstić information content (AvgIpc) is 2.15. The number of nitrogens with zero attached hydrogens (tertiary/aromatic N) is 1. The number of hydrogen-bond acceptors (Lipinski definition) is 4. The Morgan fingerprint density at radius 2 is 1.79 bits per heavy atom. The zero-order valence-corrected chi connectivity index (χ0v) is 12.5. The smallest absolute Gasteiger partial charge is 0.373 e. The summed E-state index contributed by atoms with van der Waals surface area (Å²) < 4.78 is 29.1. The maximum absolute atomic E-state index is 11.6. The van der Waals surface area contributed by atoms with Crippen molar-refractivity contribution in [2.24, 2.45) is 0 Å². The summed E-state index contributed by atoms with van der Waals surface area (Å²) >= 11 is 0. The summed E-state index contributed by atoms with van der Waals surface area (Å²) in [5.41, 5.74) is 0.191. The lowest BCUT2D eigenvalue weighted by atomic mass is 10.2. The van der Waals surface area contributed by atoms with E-state index >= 15 is 0 Å². The number of esters is 1. The molecular formula is C13H20NO4S+. The van der Waals surface area contributed by atoms with Gasteiger partial charge in [0.2, 0.25) is 6.54 Å². The lowest BCUT2D eigenvalue weighted by molar-refractivity contribution is -0.686. The number of aromatic nitrogens is 1. The van der Waals surface area contributed by atoms with Crippen LogP contribution in [0.25, 0.3) is 0 Å². The molecule has 0 N–H and O–H groups in total. The Morgan fingerprint density at radius 3 is 2.21 bits per heavy atom. The fourth-order valence-electron chi connectivity index (χ4n) is 1.52. The molecule has 5 nitrogen and oxygen atoms in total. The van der Waals surface area contributed by atoms with Crippen molar-refractivity contribution in [2.75, 3.05) is 6.26 Å². The summed E-state index contributed by atoms with van der Waals surface area (Å²) in [6.45, 7) is 5.54. The van der Waals surface area contributed by atoms with Crippen molar-refractivity contribution >= 4 is 15.8 Å². The zero-order valence-electron chi connectivity index (χ0n) is 11.7. The van der Waals surface area contributed by atoms with Crippen LogP contribution in [-0.4, -0.2) is 26.2 Å². The van der Waals surface area contributed by atoms with E-state index in [1.54, 1.807) is 29.1 Å². The summed E-state index contributed by atoms with van der Waals surface area (Å²) in [6, 6.07) is 3.37. The molecule has 1 aromatic heterocycles. The minimum atomic E-state index is -3.04. The highest BCUT2D eigenvalue weighted by atomic mass is 32.2. The second-order valence-corrected chi connectivity index (χ2v) is 7.68. The molecule has 19 heavy (non-hydrogen) atoms. The monoisotopic (exact) mass is 286 g/mol. The molecule has 0 saturated carbocycles. The van der Waals surface area contributed by atoms with Gasteiger partial charge < -0.3 is 4.74 Å². The molecule has 1 aromatic rings. The highest BCUT2D eigenvalue weighted by Crippen LogP contribution is 2.07. The first-order chi connectivity index (χ1) is 8.55. The van der Waals surface area contributed by atoms with E-state index < -0.39 is 15.4 Å².